The number of nitrogens with two attached hydrogens (primary N) is 1. The third kappa shape index (κ3) is 2.32. The van der Waals surface area contributed by atoms with Crippen LogP contribution in [0.2, 0.25) is 0 Å². The molecule has 4 nitrogen and oxygen atoms in total. The predicted octanol–water partition coefficient (Wildman–Crippen LogP) is 2.54. The van der Waals surface area contributed by atoms with Gasteiger partial charge < -0.3 is 11.1 Å². The Hall–Kier alpha value is -2.36. The van der Waals surface area contributed by atoms with Gasteiger partial charge in [-0.2, -0.15) is 0 Å². The molecule has 3 N–H and O–H groups in total. The average molecular weight is 241 g/mol. The Kier molecular flexibility index (Phi) is 3.28. The maximum Gasteiger partial charge on any atom is 0.252 e. The van der Waals surface area contributed by atoms with Crippen molar-refractivity contribution in [3.05, 3.63) is 53.2 Å². The molecule has 0 aliphatic carbocycles. The summed E-state index contributed by atoms with van der Waals surface area (Å²) in [6, 6.07) is 9.34. The molecule has 0 unspecified atom stereocenters. The largest absolute Gasteiger partial charge is 0.365 e. The van der Waals surface area contributed by atoms with E-state index < -0.39 is 5.91 Å². The summed E-state index contributed by atoms with van der Waals surface area (Å²) in [5.41, 5.74) is 8.86. The van der Waals surface area contributed by atoms with Gasteiger partial charge in [-0.3, -0.25) is 4.79 Å². The topological polar surface area (TPSA) is 68.0 Å². The first-order chi connectivity index (χ1) is 8.59. The van der Waals surface area contributed by atoms with Crippen molar-refractivity contribution in [3.8, 4) is 0 Å². The van der Waals surface area contributed by atoms with Crippen LogP contribution in [0.15, 0.2) is 36.5 Å². The second-order valence-electron chi connectivity index (χ2n) is 4.16. The third-order valence-corrected chi connectivity index (χ3v) is 2.80. The van der Waals surface area contributed by atoms with Crippen molar-refractivity contribution in [2.45, 2.75) is 13.8 Å². The lowest BCUT2D eigenvalue weighted by atomic mass is 10.1. The van der Waals surface area contributed by atoms with Gasteiger partial charge in [-0.05, 0) is 37.1 Å². The summed E-state index contributed by atoms with van der Waals surface area (Å²) >= 11 is 0. The van der Waals surface area contributed by atoms with E-state index in [-0.39, 0.29) is 0 Å². The highest BCUT2D eigenvalue weighted by Crippen LogP contribution is 2.24. The molecule has 2 rings (SSSR count). The highest BCUT2D eigenvalue weighted by atomic mass is 16.1. The van der Waals surface area contributed by atoms with E-state index in [1.807, 2.05) is 32.0 Å². The number of hydrogen-bond acceptors (Lipinski definition) is 3. The van der Waals surface area contributed by atoms with E-state index in [2.05, 4.69) is 10.3 Å². The molecule has 92 valence electrons. The number of nitrogens with zero attached hydrogens (tertiary/aromatic N) is 1. The molecule has 0 aliphatic heterocycles. The molecule has 4 heteroatoms. The third-order valence-electron chi connectivity index (χ3n) is 2.80. The van der Waals surface area contributed by atoms with Crippen LogP contribution in [-0.4, -0.2) is 10.9 Å². The molecule has 0 saturated heterocycles. The van der Waals surface area contributed by atoms with Gasteiger partial charge in [0.25, 0.3) is 5.91 Å². The van der Waals surface area contributed by atoms with Crippen LogP contribution in [0.1, 0.15) is 21.5 Å². The maximum absolute atomic E-state index is 11.3. The van der Waals surface area contributed by atoms with Crippen molar-refractivity contribution in [1.82, 2.24) is 4.98 Å². The van der Waals surface area contributed by atoms with Crippen molar-refractivity contribution in [3.63, 3.8) is 0 Å². The molecule has 0 spiro atoms. The molecule has 1 aromatic carbocycles. The second kappa shape index (κ2) is 4.87. The predicted molar refractivity (Wildman–Crippen MR) is 72.0 cm³/mol. The summed E-state index contributed by atoms with van der Waals surface area (Å²) < 4.78 is 0. The lowest BCUT2D eigenvalue weighted by molar-refractivity contribution is 0.100. The van der Waals surface area contributed by atoms with Gasteiger partial charge in [0, 0.05) is 11.9 Å². The van der Waals surface area contributed by atoms with Crippen LogP contribution >= 0.6 is 0 Å². The SMILES string of the molecule is Cc1cccc(C)c1Nc1ncccc1C(N)=O. The first kappa shape index (κ1) is 12.1. The zero-order valence-corrected chi connectivity index (χ0v) is 10.4. The minimum absolute atomic E-state index is 0.389. The number of anilines is 2. The molecule has 18 heavy (non-hydrogen) atoms. The molecule has 1 aromatic heterocycles. The summed E-state index contributed by atoms with van der Waals surface area (Å²) in [6.45, 7) is 4.00. The second-order valence-corrected chi connectivity index (χ2v) is 4.16. The van der Waals surface area contributed by atoms with E-state index >= 15 is 0 Å². The van der Waals surface area contributed by atoms with Crippen LogP contribution in [0, 0.1) is 13.8 Å². The number of aromatic nitrogens is 1. The molecule has 2 aromatic rings. The number of benzene rings is 1. The molecule has 1 heterocycles. The summed E-state index contributed by atoms with van der Waals surface area (Å²) in [6.07, 6.45) is 1.63. The first-order valence-corrected chi connectivity index (χ1v) is 5.67. The maximum atomic E-state index is 11.3. The molecule has 0 atom stereocenters. The van der Waals surface area contributed by atoms with Gasteiger partial charge >= 0.3 is 0 Å². The van der Waals surface area contributed by atoms with Crippen LogP contribution in [0.3, 0.4) is 0 Å². The van der Waals surface area contributed by atoms with Crippen LogP contribution in [0.25, 0.3) is 0 Å². The Bertz CT molecular complexity index is 573. The summed E-state index contributed by atoms with van der Waals surface area (Å²) in [5, 5.41) is 3.18. The summed E-state index contributed by atoms with van der Waals surface area (Å²) in [4.78, 5) is 15.5. The number of aryl methyl sites for hydroxylation is 2. The number of carbonyl (C=O) groups is 1. The van der Waals surface area contributed by atoms with Gasteiger partial charge in [-0.15, -0.1) is 0 Å². The fraction of sp³-hybridized carbons (Fsp3) is 0.143. The minimum atomic E-state index is -0.489. The van der Waals surface area contributed by atoms with Crippen molar-refractivity contribution in [1.29, 1.82) is 0 Å². The Morgan fingerprint density at radius 2 is 1.83 bits per heavy atom. The Labute approximate surface area is 106 Å². The van der Waals surface area contributed by atoms with E-state index in [0.29, 0.717) is 11.4 Å². The minimum Gasteiger partial charge on any atom is -0.365 e. The summed E-state index contributed by atoms with van der Waals surface area (Å²) in [7, 11) is 0. The lowest BCUT2D eigenvalue weighted by Crippen LogP contribution is -2.14. The van der Waals surface area contributed by atoms with Crippen LogP contribution in [0.5, 0.6) is 0 Å². The molecule has 0 radical (unpaired) electrons. The van der Waals surface area contributed by atoms with Crippen molar-refractivity contribution < 1.29 is 4.79 Å². The quantitative estimate of drug-likeness (QED) is 0.867. The van der Waals surface area contributed by atoms with Gasteiger partial charge in [0.2, 0.25) is 0 Å². The lowest BCUT2D eigenvalue weighted by Gasteiger charge is -2.13. The Morgan fingerprint density at radius 3 is 2.44 bits per heavy atom. The number of rotatable bonds is 3. The number of para-hydroxylation sites is 1. The van der Waals surface area contributed by atoms with Crippen molar-refractivity contribution >= 4 is 17.4 Å². The first-order valence-electron chi connectivity index (χ1n) is 5.67. The highest BCUT2D eigenvalue weighted by Gasteiger charge is 2.10. The standard InChI is InChI=1S/C14H15N3O/c1-9-5-3-6-10(2)12(9)17-14-11(13(15)18)7-4-8-16-14/h3-8H,1-2H3,(H2,15,18)(H,16,17). The van der Waals surface area contributed by atoms with Gasteiger partial charge in [0.05, 0.1) is 5.56 Å². The average Bonchev–Trinajstić information content (AvgIpc) is 2.34. The number of pyridine rings is 1. The Balaban J connectivity index is 2.43. The molecule has 0 aliphatic rings. The fourth-order valence-electron chi connectivity index (χ4n) is 1.83. The zero-order valence-electron chi connectivity index (χ0n) is 10.4. The molecular weight excluding hydrogens is 226 g/mol. The van der Waals surface area contributed by atoms with Gasteiger partial charge in [-0.25, -0.2) is 4.98 Å². The van der Waals surface area contributed by atoms with E-state index in [1.54, 1.807) is 18.3 Å². The number of primary amides is 1. The fourth-order valence-corrected chi connectivity index (χ4v) is 1.83. The highest BCUT2D eigenvalue weighted by molar-refractivity contribution is 5.98. The molecule has 0 fully saturated rings. The van der Waals surface area contributed by atoms with Crippen LogP contribution < -0.4 is 11.1 Å². The summed E-state index contributed by atoms with van der Waals surface area (Å²) in [5.74, 6) is -0.000706. The van der Waals surface area contributed by atoms with E-state index in [1.165, 1.54) is 0 Å². The van der Waals surface area contributed by atoms with Crippen LogP contribution in [-0.2, 0) is 0 Å². The number of nitrogens with one attached hydrogen (secondary N) is 1. The van der Waals surface area contributed by atoms with Gasteiger partial charge in [-0.1, -0.05) is 18.2 Å². The number of amides is 1. The Morgan fingerprint density at radius 1 is 1.17 bits per heavy atom. The smallest absolute Gasteiger partial charge is 0.252 e. The van der Waals surface area contributed by atoms with Crippen LogP contribution in [0.4, 0.5) is 11.5 Å². The molecule has 1 amide bonds. The van der Waals surface area contributed by atoms with E-state index in [0.717, 1.165) is 16.8 Å². The van der Waals surface area contributed by atoms with Gasteiger partial charge in [0.1, 0.15) is 5.82 Å². The molecule has 0 bridgehead atoms. The monoisotopic (exact) mass is 241 g/mol. The number of carbonyl (C=O) groups excluding carboxylic acids is 1. The zero-order chi connectivity index (χ0) is 13.1. The number of hydrogen-bond donors (Lipinski definition) is 2. The van der Waals surface area contributed by atoms with Crippen molar-refractivity contribution in [2.24, 2.45) is 5.73 Å². The van der Waals surface area contributed by atoms with E-state index in [9.17, 15) is 4.79 Å². The normalized spacial score (nSPS) is 10.1. The van der Waals surface area contributed by atoms with Gasteiger partial charge in [0.15, 0.2) is 0 Å². The molecular formula is C14H15N3O. The van der Waals surface area contributed by atoms with E-state index in [4.69, 9.17) is 5.73 Å². The molecule has 0 saturated carbocycles. The van der Waals surface area contributed by atoms with Crippen molar-refractivity contribution in [2.75, 3.05) is 5.32 Å².